The summed E-state index contributed by atoms with van der Waals surface area (Å²) < 4.78 is 4.90. The molecule has 2 rings (SSSR count). The van der Waals surface area contributed by atoms with Crippen LogP contribution in [0.15, 0.2) is 14.7 Å². The molecular formula is C7H9N7S3. The molecule has 1 N–H and O–H groups in total. The van der Waals surface area contributed by atoms with Gasteiger partial charge in [-0.25, -0.2) is 10.4 Å². The van der Waals surface area contributed by atoms with Crippen molar-refractivity contribution in [2.45, 2.75) is 18.2 Å². The summed E-state index contributed by atoms with van der Waals surface area (Å²) in [6.45, 7) is 3.87. The van der Waals surface area contributed by atoms with Crippen LogP contribution in [0.2, 0.25) is 0 Å². The SMILES string of the molecule is CCSc1nnc(NN=Nc2nc(C)ns2)s1. The van der Waals surface area contributed by atoms with Gasteiger partial charge in [-0.15, -0.1) is 10.2 Å². The van der Waals surface area contributed by atoms with Gasteiger partial charge in [0.15, 0.2) is 4.34 Å². The maximum absolute atomic E-state index is 4.05. The second-order valence-corrected chi connectivity index (χ2v) is 5.96. The molecule has 0 aromatic carbocycles. The second-order valence-electron chi connectivity index (χ2n) is 2.74. The van der Waals surface area contributed by atoms with Crippen molar-refractivity contribution in [3.8, 4) is 0 Å². The zero-order valence-corrected chi connectivity index (χ0v) is 11.6. The molecule has 0 aliphatic rings. The lowest BCUT2D eigenvalue weighted by Crippen LogP contribution is -1.84. The molecule has 10 heteroatoms. The Bertz CT molecular complexity index is 505. The Hall–Kier alpha value is -1.13. The molecule has 2 heterocycles. The highest BCUT2D eigenvalue weighted by atomic mass is 32.2. The molecule has 0 aliphatic heterocycles. The fraction of sp³-hybridized carbons (Fsp3) is 0.429. The predicted molar refractivity (Wildman–Crippen MR) is 69.1 cm³/mol. The molecular weight excluding hydrogens is 278 g/mol. The highest BCUT2D eigenvalue weighted by Crippen LogP contribution is 2.25. The first-order valence-electron chi connectivity index (χ1n) is 4.71. The highest BCUT2D eigenvalue weighted by molar-refractivity contribution is 8.01. The molecule has 2 aromatic rings. The number of hydrogen-bond donors (Lipinski definition) is 1. The van der Waals surface area contributed by atoms with Crippen LogP contribution in [0.25, 0.3) is 0 Å². The van der Waals surface area contributed by atoms with Gasteiger partial charge >= 0.3 is 0 Å². The standard InChI is InChI=1S/C7H9N7S3/c1-3-15-7-12-9-6(16-7)11-14-10-5-8-4(2)13-17-5/h3H2,1-2H3,(H,8,9,10,11,13). The molecule has 0 aliphatic carbocycles. The molecule has 0 atom stereocenters. The van der Waals surface area contributed by atoms with E-state index in [1.165, 1.54) is 22.9 Å². The van der Waals surface area contributed by atoms with E-state index >= 15 is 0 Å². The van der Waals surface area contributed by atoms with Crippen molar-refractivity contribution in [2.24, 2.45) is 10.3 Å². The van der Waals surface area contributed by atoms with Crippen LogP contribution in [-0.2, 0) is 0 Å². The van der Waals surface area contributed by atoms with Gasteiger partial charge in [0.2, 0.25) is 5.13 Å². The molecule has 2 aromatic heterocycles. The smallest absolute Gasteiger partial charge is 0.232 e. The third kappa shape index (κ3) is 3.68. The van der Waals surface area contributed by atoms with Gasteiger partial charge in [-0.05, 0) is 12.7 Å². The molecule has 0 spiro atoms. The van der Waals surface area contributed by atoms with E-state index in [4.69, 9.17) is 0 Å². The first-order valence-corrected chi connectivity index (χ1v) is 7.29. The summed E-state index contributed by atoms with van der Waals surface area (Å²) in [5.41, 5.74) is 2.71. The molecule has 0 radical (unpaired) electrons. The van der Waals surface area contributed by atoms with E-state index in [-0.39, 0.29) is 0 Å². The van der Waals surface area contributed by atoms with Crippen molar-refractivity contribution in [1.29, 1.82) is 0 Å². The summed E-state index contributed by atoms with van der Waals surface area (Å²) >= 11 is 4.28. The van der Waals surface area contributed by atoms with Crippen LogP contribution in [0.4, 0.5) is 10.3 Å². The first kappa shape index (κ1) is 12.3. The molecule has 90 valence electrons. The van der Waals surface area contributed by atoms with Gasteiger partial charge in [0.05, 0.1) is 0 Å². The number of anilines is 1. The van der Waals surface area contributed by atoms with Crippen LogP contribution >= 0.6 is 34.6 Å². The van der Waals surface area contributed by atoms with Crippen LogP contribution in [0.3, 0.4) is 0 Å². The van der Waals surface area contributed by atoms with E-state index in [0.29, 0.717) is 16.1 Å². The van der Waals surface area contributed by atoms with Gasteiger partial charge in [0.25, 0.3) is 5.13 Å². The maximum atomic E-state index is 4.05. The maximum Gasteiger partial charge on any atom is 0.251 e. The average Bonchev–Trinajstić information content (AvgIpc) is 2.89. The number of nitrogens with zero attached hydrogens (tertiary/aromatic N) is 6. The topological polar surface area (TPSA) is 88.3 Å². The predicted octanol–water partition coefficient (Wildman–Crippen LogP) is 2.92. The number of rotatable bonds is 5. The van der Waals surface area contributed by atoms with Gasteiger partial charge in [-0.2, -0.15) is 4.37 Å². The summed E-state index contributed by atoms with van der Waals surface area (Å²) in [4.78, 5) is 4.05. The van der Waals surface area contributed by atoms with E-state index in [1.807, 2.05) is 6.92 Å². The van der Waals surface area contributed by atoms with Gasteiger partial charge in [0, 0.05) is 11.5 Å². The summed E-state index contributed by atoms with van der Waals surface area (Å²) in [5.74, 6) is 1.67. The summed E-state index contributed by atoms with van der Waals surface area (Å²) in [6.07, 6.45) is 0. The zero-order chi connectivity index (χ0) is 12.1. The summed E-state index contributed by atoms with van der Waals surface area (Å²) in [7, 11) is 0. The largest absolute Gasteiger partial charge is 0.251 e. The van der Waals surface area contributed by atoms with Gasteiger partial charge in [-0.3, -0.25) is 0 Å². The Labute approximate surface area is 110 Å². The first-order chi connectivity index (χ1) is 8.28. The molecule has 0 fully saturated rings. The average molecular weight is 287 g/mol. The van der Waals surface area contributed by atoms with Crippen LogP contribution in [0.5, 0.6) is 0 Å². The monoisotopic (exact) mass is 287 g/mol. The Kier molecular flexibility index (Phi) is 4.34. The van der Waals surface area contributed by atoms with Crippen molar-refractivity contribution in [3.05, 3.63) is 5.82 Å². The molecule has 17 heavy (non-hydrogen) atoms. The molecule has 0 unspecified atom stereocenters. The van der Waals surface area contributed by atoms with Crippen molar-refractivity contribution in [2.75, 3.05) is 11.2 Å². The summed E-state index contributed by atoms with van der Waals surface area (Å²) in [5, 5.41) is 16.7. The van der Waals surface area contributed by atoms with Gasteiger partial charge < -0.3 is 0 Å². The molecule has 7 nitrogen and oxygen atoms in total. The van der Waals surface area contributed by atoms with Gasteiger partial charge in [0.1, 0.15) is 5.82 Å². The van der Waals surface area contributed by atoms with Gasteiger partial charge in [-0.1, -0.05) is 40.4 Å². The summed E-state index contributed by atoms with van der Waals surface area (Å²) in [6, 6.07) is 0. The fourth-order valence-electron chi connectivity index (χ4n) is 0.874. The Morgan fingerprint density at radius 2 is 2.29 bits per heavy atom. The lowest BCUT2D eigenvalue weighted by atomic mass is 10.8. The van der Waals surface area contributed by atoms with Crippen LogP contribution < -0.4 is 5.43 Å². The van der Waals surface area contributed by atoms with Crippen LogP contribution in [0, 0.1) is 6.92 Å². The van der Waals surface area contributed by atoms with Crippen LogP contribution in [0.1, 0.15) is 12.7 Å². The van der Waals surface area contributed by atoms with E-state index in [0.717, 1.165) is 10.1 Å². The van der Waals surface area contributed by atoms with E-state index in [1.54, 1.807) is 11.8 Å². The quantitative estimate of drug-likeness (QED) is 0.517. The van der Waals surface area contributed by atoms with E-state index in [9.17, 15) is 0 Å². The fourth-order valence-corrected chi connectivity index (χ4v) is 2.97. The Morgan fingerprint density at radius 1 is 1.41 bits per heavy atom. The van der Waals surface area contributed by atoms with E-state index in [2.05, 4.69) is 42.2 Å². The minimum Gasteiger partial charge on any atom is -0.232 e. The minimum absolute atomic E-state index is 0.516. The number of aromatic nitrogens is 4. The normalized spacial score (nSPS) is 11.2. The number of nitrogens with one attached hydrogen (secondary N) is 1. The third-order valence-corrected chi connectivity index (χ3v) is 4.01. The molecule has 0 saturated heterocycles. The number of hydrogen-bond acceptors (Lipinski definition) is 9. The van der Waals surface area contributed by atoms with Crippen molar-refractivity contribution < 1.29 is 0 Å². The Balaban J connectivity index is 1.90. The van der Waals surface area contributed by atoms with Crippen LogP contribution in [-0.4, -0.2) is 25.3 Å². The minimum atomic E-state index is 0.516. The second kappa shape index (κ2) is 5.98. The molecule has 0 bridgehead atoms. The van der Waals surface area contributed by atoms with Crippen molar-refractivity contribution in [3.63, 3.8) is 0 Å². The molecule has 0 saturated carbocycles. The number of thioether (sulfide) groups is 1. The highest BCUT2D eigenvalue weighted by Gasteiger charge is 2.02. The lowest BCUT2D eigenvalue weighted by molar-refractivity contribution is 0.993. The van der Waals surface area contributed by atoms with Crippen molar-refractivity contribution in [1.82, 2.24) is 19.6 Å². The van der Waals surface area contributed by atoms with E-state index < -0.39 is 0 Å². The third-order valence-electron chi connectivity index (χ3n) is 1.47. The lowest BCUT2D eigenvalue weighted by Gasteiger charge is -1.87. The van der Waals surface area contributed by atoms with Crippen molar-refractivity contribution >= 4 is 44.9 Å². The zero-order valence-electron chi connectivity index (χ0n) is 9.12. The number of aryl methyl sites for hydroxylation is 1. The molecule has 0 amide bonds. The Morgan fingerprint density at radius 3 is 3.00 bits per heavy atom.